The average molecular weight is 242 g/mol. The summed E-state index contributed by atoms with van der Waals surface area (Å²) in [7, 11) is 1.73. The molecule has 0 bridgehead atoms. The summed E-state index contributed by atoms with van der Waals surface area (Å²) in [6, 6.07) is 0.0119. The van der Waals surface area contributed by atoms with E-state index in [4.69, 9.17) is 5.11 Å². The molecule has 2 amide bonds. The van der Waals surface area contributed by atoms with Gasteiger partial charge in [0.1, 0.15) is 0 Å². The van der Waals surface area contributed by atoms with Crippen LogP contribution in [0.2, 0.25) is 0 Å². The van der Waals surface area contributed by atoms with Gasteiger partial charge >= 0.3 is 12.0 Å². The molecule has 1 aliphatic rings. The van der Waals surface area contributed by atoms with Gasteiger partial charge in [-0.05, 0) is 33.1 Å². The summed E-state index contributed by atoms with van der Waals surface area (Å²) >= 11 is 0. The summed E-state index contributed by atoms with van der Waals surface area (Å²) in [6.45, 7) is 5.44. The minimum absolute atomic E-state index is 0.0119. The Morgan fingerprint density at radius 2 is 2.06 bits per heavy atom. The zero-order chi connectivity index (χ0) is 13.1. The minimum Gasteiger partial charge on any atom is -0.481 e. The van der Waals surface area contributed by atoms with Gasteiger partial charge in [0.15, 0.2) is 0 Å². The molecule has 0 unspecified atom stereocenters. The predicted molar refractivity (Wildman–Crippen MR) is 64.9 cm³/mol. The molecule has 0 atom stereocenters. The van der Waals surface area contributed by atoms with Crippen molar-refractivity contribution in [3.05, 3.63) is 0 Å². The lowest BCUT2D eigenvalue weighted by Gasteiger charge is -2.34. The number of aliphatic carboxylic acids is 1. The molecule has 0 aromatic heterocycles. The molecule has 5 heteroatoms. The van der Waals surface area contributed by atoms with E-state index in [-0.39, 0.29) is 18.0 Å². The number of carbonyl (C=O) groups is 2. The smallest absolute Gasteiger partial charge is 0.320 e. The fourth-order valence-electron chi connectivity index (χ4n) is 2.23. The molecule has 0 radical (unpaired) electrons. The van der Waals surface area contributed by atoms with Gasteiger partial charge in [-0.3, -0.25) is 4.79 Å². The fraction of sp³-hybridized carbons (Fsp3) is 0.833. The van der Waals surface area contributed by atoms with Crippen LogP contribution in [0.5, 0.6) is 0 Å². The van der Waals surface area contributed by atoms with Crippen LogP contribution in [0.1, 0.15) is 39.5 Å². The summed E-state index contributed by atoms with van der Waals surface area (Å²) < 4.78 is 0. The highest BCUT2D eigenvalue weighted by Crippen LogP contribution is 2.28. The Morgan fingerprint density at radius 1 is 1.41 bits per heavy atom. The number of hydrogen-bond acceptors (Lipinski definition) is 2. The molecular formula is C12H22N2O3. The lowest BCUT2D eigenvalue weighted by atomic mass is 10.0. The third-order valence-corrected chi connectivity index (χ3v) is 3.34. The molecular weight excluding hydrogens is 220 g/mol. The van der Waals surface area contributed by atoms with Crippen molar-refractivity contribution < 1.29 is 14.7 Å². The number of carboxylic acid groups (broad SMARTS) is 1. The molecule has 0 saturated carbocycles. The predicted octanol–water partition coefficient (Wildman–Crippen LogP) is 1.78. The molecule has 17 heavy (non-hydrogen) atoms. The molecule has 0 aliphatic carbocycles. The van der Waals surface area contributed by atoms with Crippen LogP contribution in [0.4, 0.5) is 4.79 Å². The Balaban J connectivity index is 2.44. The van der Waals surface area contributed by atoms with Crippen molar-refractivity contribution in [3.63, 3.8) is 0 Å². The van der Waals surface area contributed by atoms with Gasteiger partial charge in [-0.15, -0.1) is 0 Å². The van der Waals surface area contributed by atoms with E-state index in [0.717, 1.165) is 19.4 Å². The number of nitrogens with zero attached hydrogens (tertiary/aromatic N) is 2. The van der Waals surface area contributed by atoms with Crippen LogP contribution in [0.25, 0.3) is 0 Å². The van der Waals surface area contributed by atoms with Gasteiger partial charge in [0.2, 0.25) is 0 Å². The number of likely N-dealkylation sites (tertiary alicyclic amines) is 1. The Hall–Kier alpha value is -1.26. The zero-order valence-corrected chi connectivity index (χ0v) is 10.9. The second-order valence-electron chi connectivity index (χ2n) is 5.27. The maximum atomic E-state index is 12.1. The molecule has 5 nitrogen and oxygen atoms in total. The van der Waals surface area contributed by atoms with E-state index in [2.05, 4.69) is 13.8 Å². The van der Waals surface area contributed by atoms with Gasteiger partial charge in [0.25, 0.3) is 0 Å². The Bertz CT molecular complexity index is 302. The van der Waals surface area contributed by atoms with Crippen molar-refractivity contribution >= 4 is 12.0 Å². The number of rotatable bonds is 4. The molecule has 1 fully saturated rings. The van der Waals surface area contributed by atoms with Crippen LogP contribution in [-0.2, 0) is 4.79 Å². The van der Waals surface area contributed by atoms with Crippen molar-refractivity contribution in [3.8, 4) is 0 Å². The van der Waals surface area contributed by atoms with Crippen molar-refractivity contribution in [2.75, 3.05) is 20.1 Å². The maximum Gasteiger partial charge on any atom is 0.320 e. The SMILES string of the molecule is CN(CCCC(=O)O)C(=O)N1CCCC1(C)C. The van der Waals surface area contributed by atoms with Crippen LogP contribution < -0.4 is 0 Å². The first kappa shape index (κ1) is 13.8. The summed E-state index contributed by atoms with van der Waals surface area (Å²) in [5.74, 6) is -0.813. The average Bonchev–Trinajstić information content (AvgIpc) is 2.56. The number of amides is 2. The quantitative estimate of drug-likeness (QED) is 0.817. The van der Waals surface area contributed by atoms with Crippen molar-refractivity contribution in [1.82, 2.24) is 9.80 Å². The van der Waals surface area contributed by atoms with Gasteiger partial charge in [0, 0.05) is 32.1 Å². The topological polar surface area (TPSA) is 60.9 Å². The second-order valence-corrected chi connectivity index (χ2v) is 5.27. The number of carboxylic acids is 1. The largest absolute Gasteiger partial charge is 0.481 e. The number of carbonyl (C=O) groups excluding carboxylic acids is 1. The Morgan fingerprint density at radius 3 is 2.53 bits per heavy atom. The van der Waals surface area contributed by atoms with E-state index >= 15 is 0 Å². The molecule has 1 aliphatic heterocycles. The van der Waals surface area contributed by atoms with Gasteiger partial charge in [-0.25, -0.2) is 4.79 Å². The molecule has 1 rings (SSSR count). The monoisotopic (exact) mass is 242 g/mol. The normalized spacial score (nSPS) is 18.2. The highest BCUT2D eigenvalue weighted by molar-refractivity contribution is 5.75. The van der Waals surface area contributed by atoms with E-state index < -0.39 is 5.97 Å². The fourth-order valence-corrected chi connectivity index (χ4v) is 2.23. The molecule has 1 N–H and O–H groups in total. The van der Waals surface area contributed by atoms with Gasteiger partial charge in [0.05, 0.1) is 0 Å². The first-order chi connectivity index (χ1) is 7.84. The van der Waals surface area contributed by atoms with E-state index in [1.807, 2.05) is 4.90 Å². The summed E-state index contributed by atoms with van der Waals surface area (Å²) in [4.78, 5) is 26.0. The first-order valence-corrected chi connectivity index (χ1v) is 6.09. The standard InChI is InChI=1S/C12H22N2O3/c1-12(2)7-5-9-14(12)11(17)13(3)8-4-6-10(15)16/h4-9H2,1-3H3,(H,15,16). The van der Waals surface area contributed by atoms with Gasteiger partial charge < -0.3 is 14.9 Å². The van der Waals surface area contributed by atoms with Crippen molar-refractivity contribution in [2.45, 2.75) is 45.1 Å². The van der Waals surface area contributed by atoms with Crippen LogP contribution in [0.15, 0.2) is 0 Å². The summed E-state index contributed by atoms with van der Waals surface area (Å²) in [6.07, 6.45) is 2.69. The van der Waals surface area contributed by atoms with E-state index in [1.54, 1.807) is 11.9 Å². The van der Waals surface area contributed by atoms with E-state index in [9.17, 15) is 9.59 Å². The number of urea groups is 1. The van der Waals surface area contributed by atoms with Crippen LogP contribution in [0.3, 0.4) is 0 Å². The highest BCUT2D eigenvalue weighted by Gasteiger charge is 2.36. The zero-order valence-electron chi connectivity index (χ0n) is 10.9. The molecule has 98 valence electrons. The lowest BCUT2D eigenvalue weighted by Crippen LogP contribution is -2.48. The van der Waals surface area contributed by atoms with E-state index in [1.165, 1.54) is 0 Å². The lowest BCUT2D eigenvalue weighted by molar-refractivity contribution is -0.137. The molecule has 0 spiro atoms. The molecule has 0 aromatic rings. The summed E-state index contributed by atoms with van der Waals surface area (Å²) in [5.41, 5.74) is -0.0713. The van der Waals surface area contributed by atoms with Crippen LogP contribution in [0, 0.1) is 0 Å². The van der Waals surface area contributed by atoms with Crippen LogP contribution in [-0.4, -0.2) is 52.6 Å². The first-order valence-electron chi connectivity index (χ1n) is 6.09. The van der Waals surface area contributed by atoms with Crippen molar-refractivity contribution in [1.29, 1.82) is 0 Å². The minimum atomic E-state index is -0.813. The Kier molecular flexibility index (Phi) is 4.37. The van der Waals surface area contributed by atoms with Crippen LogP contribution >= 0.6 is 0 Å². The Labute approximate surface area is 102 Å². The molecule has 0 aromatic carbocycles. The molecule has 1 saturated heterocycles. The van der Waals surface area contributed by atoms with Gasteiger partial charge in [-0.2, -0.15) is 0 Å². The third-order valence-electron chi connectivity index (χ3n) is 3.34. The third kappa shape index (κ3) is 3.61. The maximum absolute atomic E-state index is 12.1. The molecule has 1 heterocycles. The highest BCUT2D eigenvalue weighted by atomic mass is 16.4. The number of hydrogen-bond donors (Lipinski definition) is 1. The summed E-state index contributed by atoms with van der Waals surface area (Å²) in [5, 5.41) is 8.55. The van der Waals surface area contributed by atoms with Gasteiger partial charge in [-0.1, -0.05) is 0 Å². The van der Waals surface area contributed by atoms with Crippen molar-refractivity contribution in [2.24, 2.45) is 0 Å². The second kappa shape index (κ2) is 5.38. The van der Waals surface area contributed by atoms with E-state index in [0.29, 0.717) is 13.0 Å².